The van der Waals surface area contributed by atoms with Gasteiger partial charge in [0, 0.05) is 12.4 Å². The van der Waals surface area contributed by atoms with E-state index in [0.29, 0.717) is 0 Å². The topological polar surface area (TPSA) is 12.9 Å². The summed E-state index contributed by atoms with van der Waals surface area (Å²) >= 11 is 2.48. The van der Waals surface area contributed by atoms with E-state index in [9.17, 15) is 4.39 Å². The van der Waals surface area contributed by atoms with Crippen molar-refractivity contribution in [1.29, 1.82) is 0 Å². The summed E-state index contributed by atoms with van der Waals surface area (Å²) in [5.41, 5.74) is -0.438. The normalized spacial score (nSPS) is 7.33. The largest absolute Gasteiger partial charge is 0.265 e. The van der Waals surface area contributed by atoms with Crippen LogP contribution in [0.4, 0.5) is 4.39 Å². The Hall–Kier alpha value is -0.440. The minimum atomic E-state index is -0.438. The monoisotopic (exact) mass is 191 g/mol. The van der Waals surface area contributed by atoms with E-state index in [1.165, 1.54) is 0 Å². The molecule has 0 aliphatic heterocycles. The Labute approximate surface area is 62.1 Å². The Bertz CT molecular complexity index is 95.9. The van der Waals surface area contributed by atoms with Gasteiger partial charge in [-0.3, -0.25) is 4.98 Å². The van der Waals surface area contributed by atoms with E-state index in [4.69, 9.17) is 0 Å². The van der Waals surface area contributed by atoms with Crippen LogP contribution in [0.1, 0.15) is 0 Å². The molecule has 0 N–H and O–H groups in total. The zero-order chi connectivity index (χ0) is 6.95. The number of alkyl halides is 2. The van der Waals surface area contributed by atoms with Crippen LogP contribution in [0.25, 0.3) is 0 Å². The van der Waals surface area contributed by atoms with Crippen LogP contribution in [-0.2, 0) is 0 Å². The Morgan fingerprint density at radius 1 is 1.22 bits per heavy atom. The zero-order valence-corrected chi connectivity index (χ0v) is 6.38. The Morgan fingerprint density at radius 3 is 1.78 bits per heavy atom. The summed E-state index contributed by atoms with van der Waals surface area (Å²) < 4.78 is 10.2. The fourth-order valence-corrected chi connectivity index (χ4v) is 0.313. The lowest BCUT2D eigenvalue weighted by Gasteiger charge is -1.70. The van der Waals surface area contributed by atoms with Crippen LogP contribution >= 0.6 is 15.9 Å². The van der Waals surface area contributed by atoms with Gasteiger partial charge in [-0.15, -0.1) is 0 Å². The Balaban J connectivity index is 0.000000187. The summed E-state index contributed by atoms with van der Waals surface area (Å²) in [7, 11) is 0. The summed E-state index contributed by atoms with van der Waals surface area (Å²) in [6, 6.07) is 5.72. The molecule has 0 saturated heterocycles. The molecule has 0 aromatic carbocycles. The molecular formula is C6H7BrFN. The summed E-state index contributed by atoms with van der Waals surface area (Å²) in [5.74, 6) is 0. The van der Waals surface area contributed by atoms with Gasteiger partial charge in [-0.1, -0.05) is 22.0 Å². The average Bonchev–Trinajstić information content (AvgIpc) is 1.93. The molecule has 0 aliphatic carbocycles. The summed E-state index contributed by atoms with van der Waals surface area (Å²) in [5, 5.41) is 0. The summed E-state index contributed by atoms with van der Waals surface area (Å²) in [6.07, 6.45) is 3.50. The minimum absolute atomic E-state index is 0.438. The third-order valence-corrected chi connectivity index (χ3v) is 0.566. The first kappa shape index (κ1) is 8.56. The average molecular weight is 192 g/mol. The lowest BCUT2D eigenvalue weighted by Crippen LogP contribution is -1.58. The van der Waals surface area contributed by atoms with Crippen molar-refractivity contribution in [2.75, 3.05) is 5.58 Å². The van der Waals surface area contributed by atoms with Gasteiger partial charge in [0.05, 0.1) is 0 Å². The first-order valence-corrected chi connectivity index (χ1v) is 3.51. The molecule has 0 aliphatic rings. The standard InChI is InChI=1S/C5H5N.CH2BrF/c1-2-4-6-5-3-1;2-1-3/h1-5H;1H2. The van der Waals surface area contributed by atoms with Crippen molar-refractivity contribution in [2.24, 2.45) is 0 Å². The highest BCUT2D eigenvalue weighted by atomic mass is 79.9. The van der Waals surface area contributed by atoms with Gasteiger partial charge in [-0.2, -0.15) is 0 Å². The van der Waals surface area contributed by atoms with E-state index in [1.54, 1.807) is 12.4 Å². The first-order chi connectivity index (χ1) is 4.41. The van der Waals surface area contributed by atoms with Crippen LogP contribution in [0.5, 0.6) is 0 Å². The van der Waals surface area contributed by atoms with Gasteiger partial charge in [-0.05, 0) is 12.1 Å². The molecule has 0 unspecified atom stereocenters. The smallest absolute Gasteiger partial charge is 0.144 e. The van der Waals surface area contributed by atoms with E-state index in [0.717, 1.165) is 0 Å². The number of rotatable bonds is 0. The van der Waals surface area contributed by atoms with Crippen molar-refractivity contribution in [3.8, 4) is 0 Å². The van der Waals surface area contributed by atoms with Crippen LogP contribution in [0.15, 0.2) is 30.6 Å². The number of aromatic nitrogens is 1. The highest BCUT2D eigenvalue weighted by molar-refractivity contribution is 9.09. The van der Waals surface area contributed by atoms with E-state index >= 15 is 0 Å². The lowest BCUT2D eigenvalue weighted by atomic mass is 10.5. The third kappa shape index (κ3) is 7.56. The van der Waals surface area contributed by atoms with Crippen molar-refractivity contribution in [1.82, 2.24) is 4.98 Å². The second-order valence-corrected chi connectivity index (χ2v) is 1.55. The van der Waals surface area contributed by atoms with Gasteiger partial charge in [0.1, 0.15) is 5.58 Å². The lowest BCUT2D eigenvalue weighted by molar-refractivity contribution is 0.613. The molecule has 0 spiro atoms. The highest BCUT2D eigenvalue weighted by Gasteiger charge is 1.58. The van der Waals surface area contributed by atoms with Crippen LogP contribution in [0.3, 0.4) is 0 Å². The molecular weight excluding hydrogens is 185 g/mol. The number of nitrogens with zero attached hydrogens (tertiary/aromatic N) is 1. The first-order valence-electron chi connectivity index (χ1n) is 2.38. The maximum atomic E-state index is 10.2. The predicted molar refractivity (Wildman–Crippen MR) is 39.1 cm³/mol. The van der Waals surface area contributed by atoms with Crippen LogP contribution in [-0.4, -0.2) is 10.6 Å². The maximum absolute atomic E-state index is 10.2. The molecule has 0 radical (unpaired) electrons. The molecule has 0 atom stereocenters. The molecule has 1 heterocycles. The number of hydrogen-bond donors (Lipinski definition) is 0. The van der Waals surface area contributed by atoms with Gasteiger partial charge < -0.3 is 0 Å². The van der Waals surface area contributed by atoms with Crippen molar-refractivity contribution in [2.45, 2.75) is 0 Å². The van der Waals surface area contributed by atoms with Gasteiger partial charge in [0.2, 0.25) is 0 Å². The van der Waals surface area contributed by atoms with Crippen molar-refractivity contribution >= 4 is 15.9 Å². The van der Waals surface area contributed by atoms with E-state index < -0.39 is 5.58 Å². The van der Waals surface area contributed by atoms with Gasteiger partial charge in [-0.25, -0.2) is 4.39 Å². The number of pyridine rings is 1. The molecule has 0 saturated carbocycles. The molecule has 9 heavy (non-hydrogen) atoms. The van der Waals surface area contributed by atoms with Crippen molar-refractivity contribution in [3.05, 3.63) is 30.6 Å². The van der Waals surface area contributed by atoms with E-state index in [-0.39, 0.29) is 0 Å². The third-order valence-electron chi connectivity index (χ3n) is 0.566. The van der Waals surface area contributed by atoms with Crippen LogP contribution < -0.4 is 0 Å². The molecule has 1 aromatic heterocycles. The fraction of sp³-hybridized carbons (Fsp3) is 0.167. The maximum Gasteiger partial charge on any atom is 0.144 e. The molecule has 0 fully saturated rings. The second-order valence-electron chi connectivity index (χ2n) is 1.13. The Morgan fingerprint density at radius 2 is 1.67 bits per heavy atom. The highest BCUT2D eigenvalue weighted by Crippen LogP contribution is 1.73. The number of hydrogen-bond acceptors (Lipinski definition) is 1. The minimum Gasteiger partial charge on any atom is -0.265 e. The molecule has 1 nitrogen and oxygen atoms in total. The fourth-order valence-electron chi connectivity index (χ4n) is 0.313. The summed E-state index contributed by atoms with van der Waals surface area (Å²) in [4.78, 5) is 3.78. The van der Waals surface area contributed by atoms with Gasteiger partial charge in [0.15, 0.2) is 0 Å². The number of halogens is 2. The van der Waals surface area contributed by atoms with Crippen molar-refractivity contribution in [3.63, 3.8) is 0 Å². The van der Waals surface area contributed by atoms with E-state index in [1.807, 2.05) is 18.2 Å². The summed E-state index contributed by atoms with van der Waals surface area (Å²) in [6.45, 7) is 0. The Kier molecular flexibility index (Phi) is 7.19. The van der Waals surface area contributed by atoms with E-state index in [2.05, 4.69) is 20.9 Å². The quantitative estimate of drug-likeness (QED) is 0.575. The molecule has 1 aromatic rings. The molecule has 3 heteroatoms. The van der Waals surface area contributed by atoms with Crippen LogP contribution in [0, 0.1) is 0 Å². The van der Waals surface area contributed by atoms with Crippen LogP contribution in [0.2, 0.25) is 0 Å². The van der Waals surface area contributed by atoms with Gasteiger partial charge in [0.25, 0.3) is 0 Å². The zero-order valence-electron chi connectivity index (χ0n) is 4.80. The molecule has 1 rings (SSSR count). The molecule has 50 valence electrons. The van der Waals surface area contributed by atoms with Gasteiger partial charge >= 0.3 is 0 Å². The SMILES string of the molecule is FCBr.c1ccncc1. The molecule has 0 amide bonds. The van der Waals surface area contributed by atoms with Crippen molar-refractivity contribution < 1.29 is 4.39 Å². The second kappa shape index (κ2) is 7.56. The predicted octanol–water partition coefficient (Wildman–Crippen LogP) is 2.39. The molecule has 0 bridgehead atoms.